The topological polar surface area (TPSA) is 106 Å². The molecule has 9 nitrogen and oxygen atoms in total. The Hall–Kier alpha value is -4.78. The van der Waals surface area contributed by atoms with Gasteiger partial charge in [-0.15, -0.1) is 11.3 Å². The first-order chi connectivity index (χ1) is 20.4. The van der Waals surface area contributed by atoms with E-state index in [4.69, 9.17) is 4.74 Å². The molecule has 3 aromatic heterocycles. The van der Waals surface area contributed by atoms with Crippen LogP contribution in [0.15, 0.2) is 54.7 Å². The highest BCUT2D eigenvalue weighted by atomic mass is 32.1. The van der Waals surface area contributed by atoms with Crippen molar-refractivity contribution in [3.63, 3.8) is 0 Å². The fourth-order valence-electron chi connectivity index (χ4n) is 4.60. The van der Waals surface area contributed by atoms with Gasteiger partial charge in [-0.1, -0.05) is 49.4 Å². The van der Waals surface area contributed by atoms with Gasteiger partial charge in [0.1, 0.15) is 10.6 Å². The summed E-state index contributed by atoms with van der Waals surface area (Å²) in [6.45, 7) is 3.50. The summed E-state index contributed by atoms with van der Waals surface area (Å²) in [5.74, 6) is -1.99. The molecule has 0 bridgehead atoms. The van der Waals surface area contributed by atoms with E-state index < -0.39 is 23.7 Å². The van der Waals surface area contributed by atoms with E-state index in [1.165, 1.54) is 4.90 Å². The molecule has 5 rings (SSSR count). The van der Waals surface area contributed by atoms with Crippen LogP contribution >= 0.6 is 11.3 Å². The number of benzene rings is 2. The van der Waals surface area contributed by atoms with Gasteiger partial charge in [0.15, 0.2) is 11.3 Å². The monoisotopic (exact) mass is 609 g/mol. The summed E-state index contributed by atoms with van der Waals surface area (Å²) in [4.78, 5) is 45.3. The minimum Gasteiger partial charge on any atom is -0.462 e. The molecule has 0 spiro atoms. The predicted octanol–water partition coefficient (Wildman–Crippen LogP) is 6.46. The number of hydrogen-bond acceptors (Lipinski definition) is 7. The summed E-state index contributed by atoms with van der Waals surface area (Å²) in [7, 11) is 3.09. The number of fused-ring (bicyclic) bond motifs is 2. The summed E-state index contributed by atoms with van der Waals surface area (Å²) in [6, 6.07) is 13.3. The number of alkyl halides is 3. The van der Waals surface area contributed by atoms with Gasteiger partial charge in [0, 0.05) is 19.7 Å². The second-order valence-corrected chi connectivity index (χ2v) is 10.9. The number of amides is 2. The maximum absolute atomic E-state index is 14.2. The van der Waals surface area contributed by atoms with Gasteiger partial charge in [0.2, 0.25) is 0 Å². The molecule has 0 fully saturated rings. The van der Waals surface area contributed by atoms with Gasteiger partial charge < -0.3 is 15.0 Å². The molecule has 0 aliphatic rings. The van der Waals surface area contributed by atoms with Crippen LogP contribution in [0.3, 0.4) is 0 Å². The fourth-order valence-corrected chi connectivity index (χ4v) is 5.81. The lowest BCUT2D eigenvalue weighted by molar-refractivity contribution is -0.142. The molecule has 2 amide bonds. The average Bonchev–Trinajstić information content (AvgIpc) is 3.54. The number of hydrogen-bond donors (Lipinski definition) is 1. The predicted molar refractivity (Wildman–Crippen MR) is 157 cm³/mol. The fraction of sp³-hybridized carbons (Fsp3) is 0.233. The van der Waals surface area contributed by atoms with E-state index in [9.17, 15) is 27.6 Å². The molecular formula is C30H26F3N5O4S. The number of nitrogens with one attached hydrogen (secondary N) is 1. The minimum atomic E-state index is -4.82. The maximum Gasteiger partial charge on any atom is 0.433 e. The van der Waals surface area contributed by atoms with Gasteiger partial charge >= 0.3 is 12.1 Å². The van der Waals surface area contributed by atoms with E-state index in [1.807, 2.05) is 25.1 Å². The van der Waals surface area contributed by atoms with Crippen molar-refractivity contribution in [2.24, 2.45) is 0 Å². The lowest BCUT2D eigenvalue weighted by Crippen LogP contribution is -2.21. The second-order valence-electron chi connectivity index (χ2n) is 9.89. The summed E-state index contributed by atoms with van der Waals surface area (Å²) < 4.78 is 48.6. The normalized spacial score (nSPS) is 11.6. The number of thiophene rings is 1. The third-order valence-electron chi connectivity index (χ3n) is 6.69. The van der Waals surface area contributed by atoms with E-state index in [2.05, 4.69) is 15.4 Å². The summed E-state index contributed by atoms with van der Waals surface area (Å²) in [6.07, 6.45) is -3.28. The van der Waals surface area contributed by atoms with Gasteiger partial charge in [-0.05, 0) is 35.7 Å². The van der Waals surface area contributed by atoms with Crippen LogP contribution in [-0.2, 0) is 10.9 Å². The Kier molecular flexibility index (Phi) is 7.93. The maximum atomic E-state index is 14.2. The van der Waals surface area contributed by atoms with Crippen LogP contribution in [0.1, 0.15) is 55.0 Å². The van der Waals surface area contributed by atoms with Crippen LogP contribution in [-0.4, -0.2) is 58.0 Å². The van der Waals surface area contributed by atoms with E-state index in [-0.39, 0.29) is 44.9 Å². The molecule has 1 N–H and O–H groups in total. The number of esters is 1. The van der Waals surface area contributed by atoms with Crippen LogP contribution in [0.2, 0.25) is 0 Å². The Morgan fingerprint density at radius 2 is 1.81 bits per heavy atom. The average molecular weight is 610 g/mol. The third kappa shape index (κ3) is 5.55. The number of ether oxygens (including phenoxy) is 1. The van der Waals surface area contributed by atoms with Crippen LogP contribution in [0, 0.1) is 6.92 Å². The van der Waals surface area contributed by atoms with Crippen molar-refractivity contribution >= 4 is 50.5 Å². The SMILES string of the molecule is CCCOC(=O)c1c(NC(=O)c2cnn3c(C(F)(F)F)cc(-c4cccc5ccccc45)nc23)sc(C(=O)N(C)C)c1C. The van der Waals surface area contributed by atoms with Crippen LogP contribution in [0.4, 0.5) is 18.2 Å². The molecule has 2 aromatic carbocycles. The molecule has 0 atom stereocenters. The highest BCUT2D eigenvalue weighted by molar-refractivity contribution is 7.18. The number of aromatic nitrogens is 3. The quantitative estimate of drug-likeness (QED) is 0.212. The Morgan fingerprint density at radius 1 is 1.09 bits per heavy atom. The van der Waals surface area contributed by atoms with E-state index >= 15 is 0 Å². The second kappa shape index (κ2) is 11.5. The molecular weight excluding hydrogens is 583 g/mol. The van der Waals surface area contributed by atoms with Crippen molar-refractivity contribution in [2.75, 3.05) is 26.0 Å². The highest BCUT2D eigenvalue weighted by Gasteiger charge is 2.36. The molecule has 43 heavy (non-hydrogen) atoms. The Bertz CT molecular complexity index is 1890. The molecule has 0 radical (unpaired) electrons. The Balaban J connectivity index is 1.64. The minimum absolute atomic E-state index is 0.000779. The first-order valence-corrected chi connectivity index (χ1v) is 14.0. The number of anilines is 1. The molecule has 0 aliphatic heterocycles. The van der Waals surface area contributed by atoms with Crippen molar-refractivity contribution in [1.82, 2.24) is 19.5 Å². The third-order valence-corrected chi connectivity index (χ3v) is 7.88. The largest absolute Gasteiger partial charge is 0.462 e. The molecule has 0 aliphatic carbocycles. The number of carbonyl (C=O) groups is 3. The van der Waals surface area contributed by atoms with Crippen LogP contribution in [0.25, 0.3) is 27.7 Å². The molecule has 222 valence electrons. The van der Waals surface area contributed by atoms with Crippen molar-refractivity contribution in [3.05, 3.63) is 82.0 Å². The molecule has 3 heterocycles. The molecule has 13 heteroatoms. The van der Waals surface area contributed by atoms with Gasteiger partial charge in [-0.25, -0.2) is 14.3 Å². The molecule has 0 saturated carbocycles. The number of nitrogens with zero attached hydrogens (tertiary/aromatic N) is 4. The zero-order chi connectivity index (χ0) is 31.1. The van der Waals surface area contributed by atoms with Crippen LogP contribution < -0.4 is 5.32 Å². The van der Waals surface area contributed by atoms with Crippen LogP contribution in [0.5, 0.6) is 0 Å². The Morgan fingerprint density at radius 3 is 2.51 bits per heavy atom. The molecule has 0 saturated heterocycles. The van der Waals surface area contributed by atoms with Gasteiger partial charge in [-0.3, -0.25) is 9.59 Å². The Labute approximate surface area is 247 Å². The number of carbonyl (C=O) groups excluding carboxylic acids is 3. The van der Waals surface area contributed by atoms with Gasteiger partial charge in [-0.2, -0.15) is 18.3 Å². The lowest BCUT2D eigenvalue weighted by Gasteiger charge is -2.13. The summed E-state index contributed by atoms with van der Waals surface area (Å²) in [5, 5.41) is 7.95. The smallest absolute Gasteiger partial charge is 0.433 e. The highest BCUT2D eigenvalue weighted by Crippen LogP contribution is 2.37. The molecule has 5 aromatic rings. The van der Waals surface area contributed by atoms with E-state index in [0.717, 1.165) is 29.0 Å². The molecule has 0 unspecified atom stereocenters. The van der Waals surface area contributed by atoms with Crippen molar-refractivity contribution in [3.8, 4) is 11.3 Å². The lowest BCUT2D eigenvalue weighted by atomic mass is 10.0. The number of rotatable bonds is 7. The summed E-state index contributed by atoms with van der Waals surface area (Å²) in [5.41, 5.74) is -0.949. The zero-order valence-corrected chi connectivity index (χ0v) is 24.4. The van der Waals surface area contributed by atoms with Gasteiger partial charge in [0.05, 0.1) is 28.9 Å². The summed E-state index contributed by atoms with van der Waals surface area (Å²) >= 11 is 0.873. The van der Waals surface area contributed by atoms with E-state index in [1.54, 1.807) is 45.3 Å². The van der Waals surface area contributed by atoms with E-state index in [0.29, 0.717) is 27.4 Å². The van der Waals surface area contributed by atoms with Crippen molar-refractivity contribution in [1.29, 1.82) is 0 Å². The zero-order valence-electron chi connectivity index (χ0n) is 23.6. The van der Waals surface area contributed by atoms with Gasteiger partial charge in [0.25, 0.3) is 11.8 Å². The standard InChI is InChI=1S/C30H26F3N5O4S/c1-5-13-42-29(41)23-16(2)24(28(40)37(3)4)43-27(23)36-26(39)20-15-34-38-22(30(31,32)33)14-21(35-25(20)38)19-12-8-10-17-9-6-7-11-18(17)19/h6-12,14-15H,5,13H2,1-4H3,(H,36,39). The first kappa shape index (κ1) is 29.7. The van der Waals surface area contributed by atoms with Crippen molar-refractivity contribution < 1.29 is 32.3 Å². The first-order valence-electron chi connectivity index (χ1n) is 13.2. The van der Waals surface area contributed by atoms with Crippen molar-refractivity contribution in [2.45, 2.75) is 26.4 Å². The number of halogens is 3.